The van der Waals surface area contributed by atoms with E-state index in [1.165, 1.54) is 121 Å². The van der Waals surface area contributed by atoms with E-state index in [-0.39, 0.29) is 0 Å². The van der Waals surface area contributed by atoms with Crippen molar-refractivity contribution in [3.8, 4) is 0 Å². The Morgan fingerprint density at radius 2 is 0.880 bits per heavy atom. The summed E-state index contributed by atoms with van der Waals surface area (Å²) in [6.45, 7) is 9.42. The average Bonchev–Trinajstić information content (AvgIpc) is 2.62. The first kappa shape index (κ1) is 25.4. The molecule has 0 nitrogen and oxygen atoms in total. The summed E-state index contributed by atoms with van der Waals surface area (Å²) in [6, 6.07) is 0. The second kappa shape index (κ2) is 20.7. The lowest BCUT2D eigenvalue weighted by Crippen LogP contribution is -2.27. The van der Waals surface area contributed by atoms with E-state index in [4.69, 9.17) is 0 Å². The third kappa shape index (κ3) is 16.3. The molecule has 25 heavy (non-hydrogen) atoms. The smallest absolute Gasteiger partial charge is 0.0654 e. The molecule has 0 rings (SSSR count). The quantitative estimate of drug-likeness (QED) is 0.148. The van der Waals surface area contributed by atoms with Crippen molar-refractivity contribution in [1.82, 2.24) is 0 Å². The second-order valence-corrected chi connectivity index (χ2v) is 10.6. The number of hydrogen-bond donors (Lipinski definition) is 0. The second-order valence-electron chi connectivity index (χ2n) is 8.03. The van der Waals surface area contributed by atoms with E-state index in [0.29, 0.717) is 0 Å². The third-order valence-electron chi connectivity index (χ3n) is 5.48. The maximum atomic E-state index is 2.40. The fraction of sp³-hybridized carbons (Fsp3) is 1.00. The summed E-state index contributed by atoms with van der Waals surface area (Å²) in [5.74, 6) is 3.05. The van der Waals surface area contributed by atoms with Gasteiger partial charge in [0, 0.05) is 0 Å². The van der Waals surface area contributed by atoms with Crippen molar-refractivity contribution in [1.29, 1.82) is 0 Å². The van der Waals surface area contributed by atoms with Crippen LogP contribution in [0.4, 0.5) is 0 Å². The van der Waals surface area contributed by atoms with E-state index >= 15 is 0 Å². The molecule has 0 radical (unpaired) electrons. The van der Waals surface area contributed by atoms with Gasteiger partial charge < -0.3 is 0 Å². The Bertz CT molecular complexity index is 230. The summed E-state index contributed by atoms with van der Waals surface area (Å²) in [5.41, 5.74) is 0. The summed E-state index contributed by atoms with van der Waals surface area (Å²) < 4.78 is 0. The lowest BCUT2D eigenvalue weighted by Gasteiger charge is -2.19. The Balaban J connectivity index is 3.87. The molecule has 0 aliphatic heterocycles. The van der Waals surface area contributed by atoms with Crippen LogP contribution < -0.4 is 0 Å². The highest BCUT2D eigenvalue weighted by atomic mass is 32.2. The van der Waals surface area contributed by atoms with E-state index in [1.807, 2.05) is 0 Å². The van der Waals surface area contributed by atoms with Gasteiger partial charge in [-0.2, -0.15) is 0 Å². The summed E-state index contributed by atoms with van der Waals surface area (Å²) in [7, 11) is 0.724. The molecular formula is C24H51S+. The van der Waals surface area contributed by atoms with E-state index in [1.54, 1.807) is 0 Å². The van der Waals surface area contributed by atoms with Crippen molar-refractivity contribution < 1.29 is 0 Å². The zero-order valence-corrected chi connectivity index (χ0v) is 19.2. The molecule has 1 unspecified atom stereocenters. The summed E-state index contributed by atoms with van der Waals surface area (Å²) in [4.78, 5) is 0. The summed E-state index contributed by atoms with van der Waals surface area (Å²) in [5, 5.41) is 1.05. The van der Waals surface area contributed by atoms with Gasteiger partial charge in [0.1, 0.15) is 16.8 Å². The zero-order chi connectivity index (χ0) is 18.6. The van der Waals surface area contributed by atoms with Crippen LogP contribution >= 0.6 is 0 Å². The Kier molecular flexibility index (Phi) is 20.9. The van der Waals surface area contributed by atoms with Crippen molar-refractivity contribution in [3.05, 3.63) is 0 Å². The highest BCUT2D eigenvalue weighted by molar-refractivity contribution is 7.97. The summed E-state index contributed by atoms with van der Waals surface area (Å²) >= 11 is 0. The molecule has 0 aromatic carbocycles. The van der Waals surface area contributed by atoms with Gasteiger partial charge in [0.2, 0.25) is 0 Å². The lowest BCUT2D eigenvalue weighted by atomic mass is 10.0. The first-order chi connectivity index (χ1) is 12.3. The molecule has 0 spiro atoms. The lowest BCUT2D eigenvalue weighted by molar-refractivity contribution is 0.540. The van der Waals surface area contributed by atoms with Gasteiger partial charge in [-0.15, -0.1) is 0 Å². The van der Waals surface area contributed by atoms with Crippen LogP contribution in [0, 0.1) is 0 Å². The standard InChI is InChI=1S/C24H51S/c1-5-9-12-13-14-15-16-17-18-19-21-24(20-8-4)25(22-10-6-2)23-11-7-3/h24H,5-23H2,1-4H3/q+1. The first-order valence-electron chi connectivity index (χ1n) is 12.0. The van der Waals surface area contributed by atoms with Crippen LogP contribution in [0.15, 0.2) is 0 Å². The minimum Gasteiger partial charge on any atom is -0.0654 e. The van der Waals surface area contributed by atoms with Crippen LogP contribution in [-0.4, -0.2) is 16.8 Å². The van der Waals surface area contributed by atoms with E-state index in [0.717, 1.165) is 16.1 Å². The van der Waals surface area contributed by atoms with Crippen molar-refractivity contribution in [2.75, 3.05) is 11.5 Å². The third-order valence-corrected chi connectivity index (χ3v) is 8.52. The number of hydrogen-bond acceptors (Lipinski definition) is 0. The van der Waals surface area contributed by atoms with Crippen LogP contribution in [0.1, 0.15) is 137 Å². The first-order valence-corrected chi connectivity index (χ1v) is 13.6. The molecule has 152 valence electrons. The Morgan fingerprint density at radius 3 is 1.32 bits per heavy atom. The van der Waals surface area contributed by atoms with E-state index in [9.17, 15) is 0 Å². The van der Waals surface area contributed by atoms with Crippen LogP contribution in [0.2, 0.25) is 0 Å². The molecule has 0 bridgehead atoms. The molecule has 0 fully saturated rings. The Morgan fingerprint density at radius 1 is 0.440 bits per heavy atom. The van der Waals surface area contributed by atoms with Crippen LogP contribution in [-0.2, 0) is 10.9 Å². The molecule has 1 atom stereocenters. The fourth-order valence-electron chi connectivity index (χ4n) is 3.75. The molecule has 0 saturated carbocycles. The van der Waals surface area contributed by atoms with Crippen LogP contribution in [0.5, 0.6) is 0 Å². The molecule has 0 amide bonds. The van der Waals surface area contributed by atoms with Gasteiger partial charge in [-0.3, -0.25) is 0 Å². The minimum absolute atomic E-state index is 0.724. The normalized spacial score (nSPS) is 12.8. The van der Waals surface area contributed by atoms with Crippen molar-refractivity contribution >= 4 is 10.9 Å². The number of unbranched alkanes of at least 4 members (excludes halogenated alkanes) is 11. The molecule has 0 saturated heterocycles. The Hall–Kier alpha value is 0.350. The van der Waals surface area contributed by atoms with Gasteiger partial charge >= 0.3 is 0 Å². The van der Waals surface area contributed by atoms with Gasteiger partial charge in [-0.25, -0.2) is 0 Å². The predicted octanol–water partition coefficient (Wildman–Crippen LogP) is 8.68. The number of rotatable bonds is 20. The topological polar surface area (TPSA) is 0 Å². The molecule has 1 heteroatoms. The highest BCUT2D eigenvalue weighted by Crippen LogP contribution is 2.23. The van der Waals surface area contributed by atoms with Gasteiger partial charge in [0.15, 0.2) is 0 Å². The van der Waals surface area contributed by atoms with Gasteiger partial charge in [-0.05, 0) is 43.0 Å². The maximum Gasteiger partial charge on any atom is 0.118 e. The molecule has 0 heterocycles. The van der Waals surface area contributed by atoms with E-state index < -0.39 is 0 Å². The van der Waals surface area contributed by atoms with Crippen molar-refractivity contribution in [2.45, 2.75) is 142 Å². The molecule has 0 N–H and O–H groups in total. The van der Waals surface area contributed by atoms with Crippen LogP contribution in [0.3, 0.4) is 0 Å². The highest BCUT2D eigenvalue weighted by Gasteiger charge is 2.28. The van der Waals surface area contributed by atoms with Gasteiger partial charge in [-0.1, -0.05) is 105 Å². The minimum atomic E-state index is 0.724. The molecule has 0 aliphatic rings. The van der Waals surface area contributed by atoms with Gasteiger partial charge in [0.25, 0.3) is 0 Å². The largest absolute Gasteiger partial charge is 0.118 e. The van der Waals surface area contributed by atoms with Gasteiger partial charge in [0.05, 0.1) is 0 Å². The predicted molar refractivity (Wildman–Crippen MR) is 122 cm³/mol. The molecule has 0 aromatic heterocycles. The summed E-state index contributed by atoms with van der Waals surface area (Å²) in [6.07, 6.45) is 24.8. The fourth-order valence-corrected chi connectivity index (χ4v) is 7.01. The molecular weight excluding hydrogens is 320 g/mol. The SMILES string of the molecule is CCCCCCCCCCCCC(CCC)[S+](CCCC)CCCC. The Labute approximate surface area is 164 Å². The monoisotopic (exact) mass is 371 g/mol. The van der Waals surface area contributed by atoms with Crippen molar-refractivity contribution in [3.63, 3.8) is 0 Å². The van der Waals surface area contributed by atoms with Crippen LogP contribution in [0.25, 0.3) is 0 Å². The van der Waals surface area contributed by atoms with E-state index in [2.05, 4.69) is 27.7 Å². The molecule has 0 aliphatic carbocycles. The average molecular weight is 372 g/mol. The maximum absolute atomic E-state index is 2.40. The zero-order valence-electron chi connectivity index (χ0n) is 18.4. The molecule has 0 aromatic rings. The van der Waals surface area contributed by atoms with Crippen molar-refractivity contribution in [2.24, 2.45) is 0 Å².